The molecule has 3 heteroatoms. The average molecular weight is 274 g/mol. The summed E-state index contributed by atoms with van der Waals surface area (Å²) in [5, 5.41) is 13.4. The van der Waals surface area contributed by atoms with Crippen molar-refractivity contribution in [3.8, 4) is 5.75 Å². The highest BCUT2D eigenvalue weighted by atomic mass is 16.3. The normalized spacial score (nSPS) is 30.4. The molecule has 2 N–H and O–H groups in total. The number of rotatable bonds is 3. The van der Waals surface area contributed by atoms with Gasteiger partial charge in [-0.2, -0.15) is 0 Å². The summed E-state index contributed by atoms with van der Waals surface area (Å²) in [7, 11) is 0. The fourth-order valence-corrected chi connectivity index (χ4v) is 3.34. The van der Waals surface area contributed by atoms with Crippen LogP contribution in [0, 0.1) is 5.92 Å². The summed E-state index contributed by atoms with van der Waals surface area (Å²) in [6, 6.07) is 7.65. The van der Waals surface area contributed by atoms with Crippen molar-refractivity contribution in [2.45, 2.75) is 51.2 Å². The minimum atomic E-state index is 0.153. The van der Waals surface area contributed by atoms with Crippen LogP contribution in [0.4, 0.5) is 0 Å². The van der Waals surface area contributed by atoms with E-state index in [9.17, 15) is 5.11 Å². The SMILES string of the molecule is CC1(C2CC2)CN(Cc2cccc(O)c2)C(C)(C)CN1. The first kappa shape index (κ1) is 13.9. The van der Waals surface area contributed by atoms with Gasteiger partial charge in [-0.25, -0.2) is 0 Å². The highest BCUT2D eigenvalue weighted by molar-refractivity contribution is 5.27. The van der Waals surface area contributed by atoms with E-state index in [1.165, 1.54) is 18.4 Å². The van der Waals surface area contributed by atoms with Gasteiger partial charge in [0.15, 0.2) is 0 Å². The first-order valence-corrected chi connectivity index (χ1v) is 7.67. The van der Waals surface area contributed by atoms with Gasteiger partial charge in [-0.3, -0.25) is 4.90 Å². The monoisotopic (exact) mass is 274 g/mol. The van der Waals surface area contributed by atoms with Gasteiger partial charge >= 0.3 is 0 Å². The van der Waals surface area contributed by atoms with E-state index in [0.717, 1.165) is 25.6 Å². The second-order valence-electron chi connectivity index (χ2n) is 7.38. The molecule has 0 aromatic heterocycles. The van der Waals surface area contributed by atoms with Gasteiger partial charge in [0.2, 0.25) is 0 Å². The lowest BCUT2D eigenvalue weighted by atomic mass is 9.86. The fourth-order valence-electron chi connectivity index (χ4n) is 3.34. The standard InChI is InChI=1S/C17H26N2O/c1-16(2)11-18-17(3,14-7-8-14)12-19(16)10-13-5-4-6-15(20)9-13/h4-6,9,14,18,20H,7-8,10-12H2,1-3H3. The largest absolute Gasteiger partial charge is 0.508 e. The second-order valence-corrected chi connectivity index (χ2v) is 7.38. The maximum Gasteiger partial charge on any atom is 0.115 e. The maximum atomic E-state index is 9.64. The van der Waals surface area contributed by atoms with Crippen molar-refractivity contribution in [1.29, 1.82) is 0 Å². The van der Waals surface area contributed by atoms with Crippen LogP contribution in [0.1, 0.15) is 39.2 Å². The number of hydrogen-bond donors (Lipinski definition) is 2. The molecule has 1 aliphatic carbocycles. The lowest BCUT2D eigenvalue weighted by Gasteiger charge is -2.51. The summed E-state index contributed by atoms with van der Waals surface area (Å²) in [6.07, 6.45) is 2.73. The van der Waals surface area contributed by atoms with Crippen LogP contribution in [0.5, 0.6) is 5.75 Å². The molecule has 1 aromatic carbocycles. The fraction of sp³-hybridized carbons (Fsp3) is 0.647. The van der Waals surface area contributed by atoms with E-state index in [4.69, 9.17) is 0 Å². The van der Waals surface area contributed by atoms with E-state index in [-0.39, 0.29) is 11.1 Å². The number of piperazine rings is 1. The first-order chi connectivity index (χ1) is 9.39. The van der Waals surface area contributed by atoms with Crippen molar-refractivity contribution in [1.82, 2.24) is 10.2 Å². The highest BCUT2D eigenvalue weighted by Crippen LogP contribution is 2.42. The molecule has 1 aromatic rings. The summed E-state index contributed by atoms with van der Waals surface area (Å²) < 4.78 is 0. The van der Waals surface area contributed by atoms with Gasteiger partial charge in [-0.1, -0.05) is 12.1 Å². The van der Waals surface area contributed by atoms with Gasteiger partial charge in [0, 0.05) is 30.7 Å². The number of aromatic hydroxyl groups is 1. The summed E-state index contributed by atoms with van der Waals surface area (Å²) in [4.78, 5) is 2.57. The quantitative estimate of drug-likeness (QED) is 0.889. The van der Waals surface area contributed by atoms with Crippen LogP contribution in [0.2, 0.25) is 0 Å². The number of nitrogens with one attached hydrogen (secondary N) is 1. The molecule has 0 radical (unpaired) electrons. The molecular weight excluding hydrogens is 248 g/mol. The Balaban J connectivity index is 1.77. The highest BCUT2D eigenvalue weighted by Gasteiger charge is 2.47. The summed E-state index contributed by atoms with van der Waals surface area (Å²) in [5.41, 5.74) is 1.60. The van der Waals surface area contributed by atoms with E-state index in [2.05, 4.69) is 37.1 Å². The molecular formula is C17H26N2O. The van der Waals surface area contributed by atoms with Gasteiger partial charge < -0.3 is 10.4 Å². The molecule has 1 unspecified atom stereocenters. The third kappa shape index (κ3) is 2.70. The Morgan fingerprint density at radius 1 is 1.30 bits per heavy atom. The summed E-state index contributed by atoms with van der Waals surface area (Å²) in [5.74, 6) is 1.20. The molecule has 1 heterocycles. The molecule has 0 bridgehead atoms. The molecule has 0 amide bonds. The molecule has 110 valence electrons. The van der Waals surface area contributed by atoms with Crippen molar-refractivity contribution in [2.24, 2.45) is 5.92 Å². The van der Waals surface area contributed by atoms with Gasteiger partial charge in [-0.15, -0.1) is 0 Å². The van der Waals surface area contributed by atoms with E-state index in [0.29, 0.717) is 5.75 Å². The van der Waals surface area contributed by atoms with Crippen LogP contribution in [0.15, 0.2) is 24.3 Å². The average Bonchev–Trinajstić information content (AvgIpc) is 3.19. The third-order valence-corrected chi connectivity index (χ3v) is 5.06. The van der Waals surface area contributed by atoms with E-state index >= 15 is 0 Å². The minimum Gasteiger partial charge on any atom is -0.508 e. The molecule has 3 rings (SSSR count). The number of phenolic OH excluding ortho intramolecular Hbond substituents is 1. The van der Waals surface area contributed by atoms with Crippen LogP contribution >= 0.6 is 0 Å². The predicted molar refractivity (Wildman–Crippen MR) is 81.7 cm³/mol. The van der Waals surface area contributed by atoms with E-state index < -0.39 is 0 Å². The number of benzene rings is 1. The topological polar surface area (TPSA) is 35.5 Å². The molecule has 0 spiro atoms. The molecule has 2 fully saturated rings. The zero-order chi connectivity index (χ0) is 14.4. The third-order valence-electron chi connectivity index (χ3n) is 5.06. The van der Waals surface area contributed by atoms with Crippen molar-refractivity contribution in [2.75, 3.05) is 13.1 Å². The van der Waals surface area contributed by atoms with Crippen LogP contribution in [-0.2, 0) is 6.54 Å². The summed E-state index contributed by atoms with van der Waals surface area (Å²) >= 11 is 0. The van der Waals surface area contributed by atoms with Crippen LogP contribution in [0.25, 0.3) is 0 Å². The Morgan fingerprint density at radius 2 is 2.05 bits per heavy atom. The number of hydrogen-bond acceptors (Lipinski definition) is 3. The molecule has 3 nitrogen and oxygen atoms in total. The Morgan fingerprint density at radius 3 is 2.70 bits per heavy atom. The number of phenols is 1. The lowest BCUT2D eigenvalue weighted by Crippen LogP contribution is -2.67. The Bertz CT molecular complexity index is 496. The molecule has 1 atom stereocenters. The molecule has 1 saturated carbocycles. The molecule has 2 aliphatic rings. The molecule has 1 aliphatic heterocycles. The maximum absolute atomic E-state index is 9.64. The Kier molecular flexibility index (Phi) is 3.30. The zero-order valence-electron chi connectivity index (χ0n) is 12.8. The van der Waals surface area contributed by atoms with Crippen molar-refractivity contribution in [3.05, 3.63) is 29.8 Å². The zero-order valence-corrected chi connectivity index (χ0v) is 12.8. The van der Waals surface area contributed by atoms with Gasteiger partial charge in [0.25, 0.3) is 0 Å². The van der Waals surface area contributed by atoms with Crippen LogP contribution in [-0.4, -0.2) is 34.2 Å². The van der Waals surface area contributed by atoms with Crippen molar-refractivity contribution in [3.63, 3.8) is 0 Å². The second kappa shape index (κ2) is 4.74. The van der Waals surface area contributed by atoms with Crippen molar-refractivity contribution >= 4 is 0 Å². The van der Waals surface area contributed by atoms with E-state index in [1.54, 1.807) is 6.07 Å². The lowest BCUT2D eigenvalue weighted by molar-refractivity contribution is 0.0178. The van der Waals surface area contributed by atoms with Crippen LogP contribution in [0.3, 0.4) is 0 Å². The summed E-state index contributed by atoms with van der Waals surface area (Å²) in [6.45, 7) is 9.99. The molecule has 20 heavy (non-hydrogen) atoms. The molecule has 1 saturated heterocycles. The first-order valence-electron chi connectivity index (χ1n) is 7.67. The number of nitrogens with zero attached hydrogens (tertiary/aromatic N) is 1. The van der Waals surface area contributed by atoms with Gasteiger partial charge in [0.1, 0.15) is 5.75 Å². The van der Waals surface area contributed by atoms with Gasteiger partial charge in [0.05, 0.1) is 0 Å². The van der Waals surface area contributed by atoms with E-state index in [1.807, 2.05) is 12.1 Å². The Labute approximate surface area is 122 Å². The predicted octanol–water partition coefficient (Wildman–Crippen LogP) is 2.74. The Hall–Kier alpha value is -1.06. The van der Waals surface area contributed by atoms with Crippen molar-refractivity contribution < 1.29 is 5.11 Å². The van der Waals surface area contributed by atoms with Gasteiger partial charge in [-0.05, 0) is 57.2 Å². The van der Waals surface area contributed by atoms with Crippen LogP contribution < -0.4 is 5.32 Å². The smallest absolute Gasteiger partial charge is 0.115 e. The minimum absolute atomic E-state index is 0.153.